The Balaban J connectivity index is 1.45. The molecule has 0 atom stereocenters. The molecule has 1 aromatic carbocycles. The van der Waals surface area contributed by atoms with E-state index in [9.17, 15) is 13.2 Å². The monoisotopic (exact) mass is 400 g/mol. The Kier molecular flexibility index (Phi) is 6.22. The number of carbonyl (C=O) groups excluding carboxylic acids is 1. The number of likely N-dealkylation sites (tertiary alicyclic amines) is 1. The molecule has 0 aliphatic carbocycles. The number of hydrogen-bond acceptors (Lipinski definition) is 4. The largest absolute Gasteiger partial charge is 0.375 e. The van der Waals surface area contributed by atoms with Crippen molar-refractivity contribution >= 4 is 27.5 Å². The van der Waals surface area contributed by atoms with E-state index in [0.29, 0.717) is 36.8 Å². The number of halogens is 1. The van der Waals surface area contributed by atoms with Gasteiger partial charge in [-0.2, -0.15) is 0 Å². The van der Waals surface area contributed by atoms with Crippen molar-refractivity contribution in [1.82, 2.24) is 9.21 Å². The molecule has 0 spiro atoms. The van der Waals surface area contributed by atoms with Gasteiger partial charge in [0, 0.05) is 36.8 Å². The Morgan fingerprint density at radius 2 is 1.65 bits per heavy atom. The number of hydrogen-bond donors (Lipinski definition) is 0. The lowest BCUT2D eigenvalue weighted by atomic mass is 10.0. The zero-order valence-electron chi connectivity index (χ0n) is 14.9. The molecular formula is C18H25ClN2O4S. The maximum atomic E-state index is 12.5. The molecule has 8 heteroatoms. The SMILES string of the molecule is CS(=O)(=O)N1CCC(OC2CCN(C(=O)c3cccc(Cl)c3)CC2)CC1. The Morgan fingerprint density at radius 1 is 1.08 bits per heavy atom. The first-order valence-corrected chi connectivity index (χ1v) is 11.2. The van der Waals surface area contributed by atoms with Crippen LogP contribution in [0.4, 0.5) is 0 Å². The minimum atomic E-state index is -3.10. The van der Waals surface area contributed by atoms with E-state index in [2.05, 4.69) is 0 Å². The molecular weight excluding hydrogens is 376 g/mol. The fourth-order valence-corrected chi connectivity index (χ4v) is 4.64. The van der Waals surface area contributed by atoms with Gasteiger partial charge in [0.15, 0.2) is 0 Å². The third-order valence-electron chi connectivity index (χ3n) is 5.06. The highest BCUT2D eigenvalue weighted by Gasteiger charge is 2.29. The van der Waals surface area contributed by atoms with E-state index < -0.39 is 10.0 Å². The molecule has 26 heavy (non-hydrogen) atoms. The van der Waals surface area contributed by atoms with Gasteiger partial charge in [0.05, 0.1) is 18.5 Å². The maximum absolute atomic E-state index is 12.5. The molecule has 1 aromatic rings. The molecule has 2 saturated heterocycles. The van der Waals surface area contributed by atoms with E-state index in [0.717, 1.165) is 25.7 Å². The van der Waals surface area contributed by atoms with Crippen molar-refractivity contribution in [2.45, 2.75) is 37.9 Å². The van der Waals surface area contributed by atoms with Crippen molar-refractivity contribution in [1.29, 1.82) is 0 Å². The third kappa shape index (κ3) is 4.97. The predicted molar refractivity (Wildman–Crippen MR) is 101 cm³/mol. The number of nitrogens with zero attached hydrogens (tertiary/aromatic N) is 2. The zero-order chi connectivity index (χ0) is 18.7. The van der Waals surface area contributed by atoms with Gasteiger partial charge < -0.3 is 9.64 Å². The molecule has 1 amide bonds. The van der Waals surface area contributed by atoms with Gasteiger partial charge in [-0.25, -0.2) is 12.7 Å². The van der Waals surface area contributed by atoms with E-state index in [1.165, 1.54) is 10.6 Å². The van der Waals surface area contributed by atoms with Crippen LogP contribution in [0, 0.1) is 0 Å². The van der Waals surface area contributed by atoms with Crippen LogP contribution in [-0.4, -0.2) is 68.2 Å². The van der Waals surface area contributed by atoms with Gasteiger partial charge >= 0.3 is 0 Å². The first kappa shape index (κ1) is 19.6. The molecule has 0 radical (unpaired) electrons. The van der Waals surface area contributed by atoms with E-state index in [1.54, 1.807) is 24.3 Å². The first-order valence-electron chi connectivity index (χ1n) is 8.98. The lowest BCUT2D eigenvalue weighted by molar-refractivity contribution is -0.0557. The summed E-state index contributed by atoms with van der Waals surface area (Å²) in [6, 6.07) is 7.02. The summed E-state index contributed by atoms with van der Waals surface area (Å²) in [5.41, 5.74) is 0.616. The van der Waals surface area contributed by atoms with Gasteiger partial charge in [0.25, 0.3) is 5.91 Å². The normalized spacial score (nSPS) is 21.1. The average Bonchev–Trinajstić information content (AvgIpc) is 2.61. The second-order valence-corrected chi connectivity index (χ2v) is 9.42. The molecule has 2 fully saturated rings. The minimum Gasteiger partial charge on any atom is -0.375 e. The lowest BCUT2D eigenvalue weighted by Gasteiger charge is -2.36. The highest BCUT2D eigenvalue weighted by atomic mass is 35.5. The van der Waals surface area contributed by atoms with Crippen LogP contribution in [-0.2, 0) is 14.8 Å². The summed E-state index contributed by atoms with van der Waals surface area (Å²) in [5.74, 6) is 0.00686. The Morgan fingerprint density at radius 3 is 2.19 bits per heavy atom. The van der Waals surface area contributed by atoms with Gasteiger partial charge in [0.1, 0.15) is 0 Å². The molecule has 2 aliphatic heterocycles. The number of piperidine rings is 2. The van der Waals surface area contributed by atoms with Gasteiger partial charge in [0.2, 0.25) is 10.0 Å². The molecule has 0 bridgehead atoms. The van der Waals surface area contributed by atoms with E-state index >= 15 is 0 Å². The van der Waals surface area contributed by atoms with Crippen molar-refractivity contribution < 1.29 is 17.9 Å². The third-order valence-corrected chi connectivity index (χ3v) is 6.59. The summed E-state index contributed by atoms with van der Waals surface area (Å²) < 4.78 is 30.8. The number of ether oxygens (including phenoxy) is 1. The molecule has 2 aliphatic rings. The van der Waals surface area contributed by atoms with Gasteiger partial charge in [-0.15, -0.1) is 0 Å². The molecule has 0 N–H and O–H groups in total. The second-order valence-electron chi connectivity index (χ2n) is 7.00. The van der Waals surface area contributed by atoms with Crippen LogP contribution in [0.15, 0.2) is 24.3 Å². The lowest BCUT2D eigenvalue weighted by Crippen LogP contribution is -2.44. The summed E-state index contributed by atoms with van der Waals surface area (Å²) in [7, 11) is -3.10. The molecule has 0 unspecified atom stereocenters. The average molecular weight is 401 g/mol. The highest BCUT2D eigenvalue weighted by molar-refractivity contribution is 7.88. The summed E-state index contributed by atoms with van der Waals surface area (Å²) >= 11 is 5.97. The molecule has 3 rings (SSSR count). The number of rotatable bonds is 4. The van der Waals surface area contributed by atoms with Gasteiger partial charge in [-0.05, 0) is 43.9 Å². The van der Waals surface area contributed by atoms with E-state index in [4.69, 9.17) is 16.3 Å². The fourth-order valence-electron chi connectivity index (χ4n) is 3.57. The van der Waals surface area contributed by atoms with Crippen molar-refractivity contribution in [3.05, 3.63) is 34.9 Å². The quantitative estimate of drug-likeness (QED) is 0.778. The van der Waals surface area contributed by atoms with Gasteiger partial charge in [-0.3, -0.25) is 4.79 Å². The van der Waals surface area contributed by atoms with Crippen LogP contribution in [0.2, 0.25) is 5.02 Å². The summed E-state index contributed by atoms with van der Waals surface area (Å²) in [5, 5.41) is 0.564. The summed E-state index contributed by atoms with van der Waals surface area (Å²) in [4.78, 5) is 14.4. The second kappa shape index (κ2) is 8.25. The first-order chi connectivity index (χ1) is 12.3. The fraction of sp³-hybridized carbons (Fsp3) is 0.611. The van der Waals surface area contributed by atoms with Crippen molar-refractivity contribution in [2.24, 2.45) is 0 Å². The van der Waals surface area contributed by atoms with Crippen LogP contribution in [0.5, 0.6) is 0 Å². The number of carbonyl (C=O) groups is 1. The van der Waals surface area contributed by atoms with Gasteiger partial charge in [-0.1, -0.05) is 17.7 Å². The molecule has 0 saturated carbocycles. The minimum absolute atomic E-state index is 0.00686. The molecule has 144 valence electrons. The van der Waals surface area contributed by atoms with Crippen molar-refractivity contribution in [3.8, 4) is 0 Å². The summed E-state index contributed by atoms with van der Waals surface area (Å²) in [6.07, 6.45) is 4.56. The van der Waals surface area contributed by atoms with Crippen molar-refractivity contribution in [3.63, 3.8) is 0 Å². The predicted octanol–water partition coefficient (Wildman–Crippen LogP) is 2.39. The highest BCUT2D eigenvalue weighted by Crippen LogP contribution is 2.23. The number of amides is 1. The van der Waals surface area contributed by atoms with Crippen LogP contribution in [0.25, 0.3) is 0 Å². The summed E-state index contributed by atoms with van der Waals surface area (Å²) in [6.45, 7) is 2.38. The number of benzene rings is 1. The molecule has 2 heterocycles. The van der Waals surface area contributed by atoms with Crippen molar-refractivity contribution in [2.75, 3.05) is 32.4 Å². The Bertz CT molecular complexity index is 739. The zero-order valence-corrected chi connectivity index (χ0v) is 16.5. The van der Waals surface area contributed by atoms with Crippen LogP contribution in [0.3, 0.4) is 0 Å². The molecule has 6 nitrogen and oxygen atoms in total. The van der Waals surface area contributed by atoms with Crippen LogP contribution < -0.4 is 0 Å². The maximum Gasteiger partial charge on any atom is 0.253 e. The van der Waals surface area contributed by atoms with Crippen LogP contribution in [0.1, 0.15) is 36.0 Å². The standard InChI is InChI=1S/C18H25ClN2O4S/c1-26(23,24)21-11-7-17(8-12-21)25-16-5-9-20(10-6-16)18(22)14-3-2-4-15(19)13-14/h2-4,13,16-17H,5-12H2,1H3. The van der Waals surface area contributed by atoms with E-state index in [1.807, 2.05) is 4.90 Å². The van der Waals surface area contributed by atoms with E-state index in [-0.39, 0.29) is 18.1 Å². The molecule has 0 aromatic heterocycles. The van der Waals surface area contributed by atoms with Crippen LogP contribution >= 0.6 is 11.6 Å². The Hall–Kier alpha value is -1.15. The Labute approximate surface area is 160 Å². The topological polar surface area (TPSA) is 66.9 Å². The number of sulfonamides is 1. The smallest absolute Gasteiger partial charge is 0.253 e.